The number of hydrogen-bond donors (Lipinski definition) is 1. The van der Waals surface area contributed by atoms with Crippen molar-refractivity contribution in [3.8, 4) is 0 Å². The largest absolute Gasteiger partial charge is 0.309 e. The van der Waals surface area contributed by atoms with Crippen LogP contribution in [-0.2, 0) is 0 Å². The molecular weight excluding hydrogens is 244 g/mol. The Morgan fingerprint density at radius 1 is 1.10 bits per heavy atom. The van der Waals surface area contributed by atoms with E-state index in [-0.39, 0.29) is 0 Å². The monoisotopic (exact) mass is 276 g/mol. The van der Waals surface area contributed by atoms with E-state index in [1.54, 1.807) is 0 Å². The Hall–Kier alpha value is -0.860. The van der Waals surface area contributed by atoms with Crippen LogP contribution >= 0.6 is 0 Å². The number of hydrogen-bond acceptors (Lipinski definition) is 2. The van der Waals surface area contributed by atoms with Gasteiger partial charge in [-0.05, 0) is 57.5 Å². The van der Waals surface area contributed by atoms with Gasteiger partial charge >= 0.3 is 0 Å². The lowest BCUT2D eigenvalue weighted by molar-refractivity contribution is 0.253. The van der Waals surface area contributed by atoms with Crippen LogP contribution in [0.5, 0.6) is 0 Å². The smallest absolute Gasteiger partial charge is 0.0452 e. The van der Waals surface area contributed by atoms with E-state index in [0.717, 1.165) is 19.6 Å². The summed E-state index contributed by atoms with van der Waals surface area (Å²) in [4.78, 5) is 2.55. The summed E-state index contributed by atoms with van der Waals surface area (Å²) in [6, 6.07) is 7.25. The molecule has 1 atom stereocenters. The Balaban J connectivity index is 2.89. The van der Waals surface area contributed by atoms with Gasteiger partial charge in [0.2, 0.25) is 0 Å². The predicted molar refractivity (Wildman–Crippen MR) is 89.4 cm³/mol. The van der Waals surface area contributed by atoms with Crippen LogP contribution in [0.15, 0.2) is 18.2 Å². The van der Waals surface area contributed by atoms with Crippen LogP contribution in [-0.4, -0.2) is 31.1 Å². The Morgan fingerprint density at radius 3 is 2.45 bits per heavy atom. The van der Waals surface area contributed by atoms with Gasteiger partial charge in [0.1, 0.15) is 0 Å². The molecule has 0 saturated carbocycles. The molecule has 0 heterocycles. The minimum absolute atomic E-state index is 0.446. The molecule has 1 aromatic carbocycles. The first-order valence-electron chi connectivity index (χ1n) is 8.15. The van der Waals surface area contributed by atoms with Gasteiger partial charge in [-0.3, -0.25) is 0 Å². The molecule has 0 fully saturated rings. The third-order valence-electron chi connectivity index (χ3n) is 3.88. The normalized spacial score (nSPS) is 12.9. The van der Waals surface area contributed by atoms with E-state index in [1.165, 1.54) is 36.1 Å². The zero-order valence-electron chi connectivity index (χ0n) is 14.0. The first-order chi connectivity index (χ1) is 9.62. The van der Waals surface area contributed by atoms with Crippen LogP contribution in [0.4, 0.5) is 0 Å². The van der Waals surface area contributed by atoms with Gasteiger partial charge in [-0.15, -0.1) is 0 Å². The molecule has 0 bridgehead atoms. The minimum Gasteiger partial charge on any atom is -0.309 e. The van der Waals surface area contributed by atoms with Crippen molar-refractivity contribution in [2.75, 3.05) is 26.2 Å². The molecule has 114 valence electrons. The second-order valence-corrected chi connectivity index (χ2v) is 5.76. The van der Waals surface area contributed by atoms with Gasteiger partial charge in [-0.2, -0.15) is 0 Å². The van der Waals surface area contributed by atoms with Gasteiger partial charge in [-0.25, -0.2) is 0 Å². The Labute approximate surface area is 125 Å². The van der Waals surface area contributed by atoms with E-state index in [0.29, 0.717) is 6.04 Å². The summed E-state index contributed by atoms with van der Waals surface area (Å²) in [6.07, 6.45) is 2.41. The Morgan fingerprint density at radius 2 is 1.85 bits per heavy atom. The summed E-state index contributed by atoms with van der Waals surface area (Å²) in [5, 5.41) is 3.74. The van der Waals surface area contributed by atoms with Crippen molar-refractivity contribution in [3.63, 3.8) is 0 Å². The van der Waals surface area contributed by atoms with Crippen LogP contribution in [0.3, 0.4) is 0 Å². The van der Waals surface area contributed by atoms with Crippen LogP contribution in [0.25, 0.3) is 0 Å². The zero-order valence-corrected chi connectivity index (χ0v) is 14.0. The van der Waals surface area contributed by atoms with E-state index < -0.39 is 0 Å². The quantitative estimate of drug-likeness (QED) is 0.731. The van der Waals surface area contributed by atoms with Gasteiger partial charge < -0.3 is 10.2 Å². The molecule has 2 heteroatoms. The molecule has 1 rings (SSSR count). The second kappa shape index (κ2) is 9.15. The molecule has 0 amide bonds. The number of nitrogens with zero attached hydrogens (tertiary/aromatic N) is 1. The minimum atomic E-state index is 0.446. The number of aryl methyl sites for hydroxylation is 2. The summed E-state index contributed by atoms with van der Waals surface area (Å²) in [5.41, 5.74) is 4.22. The van der Waals surface area contributed by atoms with Crippen LogP contribution < -0.4 is 5.32 Å². The molecule has 1 unspecified atom stereocenters. The summed E-state index contributed by atoms with van der Waals surface area (Å²) in [7, 11) is 0. The van der Waals surface area contributed by atoms with Crippen molar-refractivity contribution in [1.29, 1.82) is 0 Å². The lowest BCUT2D eigenvalue weighted by Crippen LogP contribution is -2.36. The molecule has 20 heavy (non-hydrogen) atoms. The Bertz CT molecular complexity index is 387. The molecule has 0 saturated heterocycles. The van der Waals surface area contributed by atoms with Crippen molar-refractivity contribution in [2.24, 2.45) is 0 Å². The van der Waals surface area contributed by atoms with Gasteiger partial charge in [0.05, 0.1) is 0 Å². The fourth-order valence-corrected chi connectivity index (χ4v) is 2.68. The molecule has 0 aliphatic rings. The first kappa shape index (κ1) is 17.2. The number of rotatable bonds is 9. The highest BCUT2D eigenvalue weighted by Crippen LogP contribution is 2.20. The summed E-state index contributed by atoms with van der Waals surface area (Å²) in [6.45, 7) is 15.7. The van der Waals surface area contributed by atoms with Gasteiger partial charge in [0.25, 0.3) is 0 Å². The highest BCUT2D eigenvalue weighted by molar-refractivity contribution is 5.33. The molecule has 1 N–H and O–H groups in total. The SMILES string of the molecule is CCCNC(CN(CC)CCC)c1cc(C)ccc1C. The predicted octanol–water partition coefficient (Wildman–Crippen LogP) is 4.08. The van der Waals surface area contributed by atoms with Gasteiger partial charge in [0.15, 0.2) is 0 Å². The maximum absolute atomic E-state index is 3.74. The van der Waals surface area contributed by atoms with Crippen LogP contribution in [0.2, 0.25) is 0 Å². The maximum Gasteiger partial charge on any atom is 0.0452 e. The topological polar surface area (TPSA) is 15.3 Å². The van der Waals surface area contributed by atoms with Crippen molar-refractivity contribution < 1.29 is 0 Å². The number of nitrogens with one attached hydrogen (secondary N) is 1. The van der Waals surface area contributed by atoms with Crippen molar-refractivity contribution in [1.82, 2.24) is 10.2 Å². The maximum atomic E-state index is 3.74. The van der Waals surface area contributed by atoms with Gasteiger partial charge in [0, 0.05) is 12.6 Å². The standard InChI is InChI=1S/C18H32N2/c1-6-11-19-18(14-20(8-3)12-7-2)17-13-15(4)9-10-16(17)5/h9-10,13,18-19H,6-8,11-12,14H2,1-5H3. The van der Waals surface area contributed by atoms with E-state index in [4.69, 9.17) is 0 Å². The summed E-state index contributed by atoms with van der Waals surface area (Å²) < 4.78 is 0. The molecule has 0 spiro atoms. The summed E-state index contributed by atoms with van der Waals surface area (Å²) >= 11 is 0. The Kier molecular flexibility index (Phi) is 7.86. The molecule has 0 aromatic heterocycles. The highest BCUT2D eigenvalue weighted by atomic mass is 15.1. The highest BCUT2D eigenvalue weighted by Gasteiger charge is 2.16. The van der Waals surface area contributed by atoms with E-state index in [2.05, 4.69) is 63.0 Å². The molecule has 0 aliphatic heterocycles. The van der Waals surface area contributed by atoms with E-state index in [1.807, 2.05) is 0 Å². The molecule has 0 radical (unpaired) electrons. The molecule has 2 nitrogen and oxygen atoms in total. The average molecular weight is 276 g/mol. The fourth-order valence-electron chi connectivity index (χ4n) is 2.68. The van der Waals surface area contributed by atoms with Crippen molar-refractivity contribution in [3.05, 3.63) is 34.9 Å². The van der Waals surface area contributed by atoms with Crippen LogP contribution in [0.1, 0.15) is 56.3 Å². The lowest BCUT2D eigenvalue weighted by Gasteiger charge is -2.28. The summed E-state index contributed by atoms with van der Waals surface area (Å²) in [5.74, 6) is 0. The average Bonchev–Trinajstić information content (AvgIpc) is 2.45. The van der Waals surface area contributed by atoms with Gasteiger partial charge in [-0.1, -0.05) is 44.5 Å². The fraction of sp³-hybridized carbons (Fsp3) is 0.667. The van der Waals surface area contributed by atoms with E-state index >= 15 is 0 Å². The molecular formula is C18H32N2. The second-order valence-electron chi connectivity index (χ2n) is 5.76. The third kappa shape index (κ3) is 5.26. The van der Waals surface area contributed by atoms with E-state index in [9.17, 15) is 0 Å². The number of benzene rings is 1. The number of likely N-dealkylation sites (N-methyl/N-ethyl adjacent to an activating group) is 1. The van der Waals surface area contributed by atoms with Crippen molar-refractivity contribution in [2.45, 2.75) is 53.5 Å². The van der Waals surface area contributed by atoms with Crippen molar-refractivity contribution >= 4 is 0 Å². The first-order valence-corrected chi connectivity index (χ1v) is 8.15. The molecule has 0 aliphatic carbocycles. The lowest BCUT2D eigenvalue weighted by atomic mass is 9.98. The molecule has 1 aromatic rings. The van der Waals surface area contributed by atoms with Crippen LogP contribution in [0, 0.1) is 13.8 Å². The third-order valence-corrected chi connectivity index (χ3v) is 3.88. The zero-order chi connectivity index (χ0) is 15.0.